The van der Waals surface area contributed by atoms with Crippen molar-refractivity contribution in [2.75, 3.05) is 44.7 Å². The highest BCUT2D eigenvalue weighted by atomic mass is 16.5. The molecule has 29 heavy (non-hydrogen) atoms. The first-order valence-corrected chi connectivity index (χ1v) is 10.0. The Morgan fingerprint density at radius 2 is 1.62 bits per heavy atom. The molecular weight excluding hydrogens is 366 g/mol. The number of carbonyl (C=O) groups is 2. The highest BCUT2D eigenvalue weighted by Crippen LogP contribution is 2.28. The van der Waals surface area contributed by atoms with Crippen LogP contribution in [0.2, 0.25) is 0 Å². The molecule has 0 spiro atoms. The average molecular weight is 396 g/mol. The Kier molecular flexibility index (Phi) is 7.25. The lowest BCUT2D eigenvalue weighted by Crippen LogP contribution is -2.49. The Bertz CT molecular complexity index is 817. The van der Waals surface area contributed by atoms with E-state index in [-0.39, 0.29) is 11.8 Å². The Hall–Kier alpha value is -2.86. The summed E-state index contributed by atoms with van der Waals surface area (Å²) in [4.78, 5) is 30.8. The molecule has 2 aromatic rings. The molecule has 1 fully saturated rings. The summed E-state index contributed by atoms with van der Waals surface area (Å²) in [5.74, 6) is 0.616. The number of nitrogens with zero attached hydrogens (tertiary/aromatic N) is 3. The van der Waals surface area contributed by atoms with Gasteiger partial charge in [0.25, 0.3) is 0 Å². The van der Waals surface area contributed by atoms with Gasteiger partial charge in [-0.3, -0.25) is 14.5 Å². The van der Waals surface area contributed by atoms with Crippen LogP contribution in [0.5, 0.6) is 5.75 Å². The number of hydrogen-bond acceptors (Lipinski definition) is 4. The van der Waals surface area contributed by atoms with Crippen LogP contribution in [-0.2, 0) is 16.1 Å². The van der Waals surface area contributed by atoms with Gasteiger partial charge in [0.05, 0.1) is 12.8 Å². The molecule has 0 aromatic heterocycles. The van der Waals surface area contributed by atoms with Crippen LogP contribution in [0, 0.1) is 0 Å². The second kappa shape index (κ2) is 10.1. The highest BCUT2D eigenvalue weighted by Gasteiger charge is 2.23. The minimum absolute atomic E-state index is 0.0884. The molecule has 0 bridgehead atoms. The summed E-state index contributed by atoms with van der Waals surface area (Å²) in [6.45, 7) is 5.95. The first-order chi connectivity index (χ1) is 14.1. The van der Waals surface area contributed by atoms with Gasteiger partial charge in [-0.25, -0.2) is 0 Å². The molecule has 2 amide bonds. The molecule has 0 unspecified atom stereocenters. The fourth-order valence-electron chi connectivity index (χ4n) is 3.66. The molecular formula is C23H29N3O3. The lowest BCUT2D eigenvalue weighted by atomic mass is 10.2. The number of rotatable bonds is 7. The average Bonchev–Trinajstić information content (AvgIpc) is 2.75. The second-order valence-electron chi connectivity index (χ2n) is 7.24. The molecule has 1 saturated heterocycles. The number of hydrogen-bond donors (Lipinski definition) is 0. The van der Waals surface area contributed by atoms with Crippen LogP contribution >= 0.6 is 0 Å². The number of benzene rings is 2. The number of anilines is 1. The van der Waals surface area contributed by atoms with Crippen LogP contribution in [-0.4, -0.2) is 61.4 Å². The third-order valence-corrected chi connectivity index (χ3v) is 5.28. The Balaban J connectivity index is 1.51. The van der Waals surface area contributed by atoms with Crippen LogP contribution in [0.25, 0.3) is 0 Å². The zero-order chi connectivity index (χ0) is 20.6. The van der Waals surface area contributed by atoms with Crippen molar-refractivity contribution < 1.29 is 14.3 Å². The van der Waals surface area contributed by atoms with Crippen molar-refractivity contribution in [2.24, 2.45) is 0 Å². The van der Waals surface area contributed by atoms with Gasteiger partial charge in [-0.1, -0.05) is 42.5 Å². The molecule has 1 aliphatic rings. The van der Waals surface area contributed by atoms with E-state index in [0.717, 1.165) is 32.7 Å². The number of para-hydroxylation sites is 2. The molecule has 0 radical (unpaired) electrons. The van der Waals surface area contributed by atoms with E-state index in [9.17, 15) is 9.59 Å². The second-order valence-corrected chi connectivity index (χ2v) is 7.24. The smallest absolute Gasteiger partial charge is 0.224 e. The Labute approximate surface area is 172 Å². The Morgan fingerprint density at radius 1 is 0.966 bits per heavy atom. The molecule has 0 atom stereocenters. The van der Waals surface area contributed by atoms with Crippen molar-refractivity contribution in [1.82, 2.24) is 9.80 Å². The third-order valence-electron chi connectivity index (χ3n) is 5.28. The van der Waals surface area contributed by atoms with Gasteiger partial charge < -0.3 is 14.5 Å². The van der Waals surface area contributed by atoms with Crippen LogP contribution < -0.4 is 9.64 Å². The van der Waals surface area contributed by atoms with Gasteiger partial charge in [0, 0.05) is 52.6 Å². The predicted octanol–water partition coefficient (Wildman–Crippen LogP) is 2.78. The van der Waals surface area contributed by atoms with Gasteiger partial charge in [-0.2, -0.15) is 0 Å². The fraction of sp³-hybridized carbons (Fsp3) is 0.391. The quantitative estimate of drug-likeness (QED) is 0.723. The number of carbonyl (C=O) groups excluding carboxylic acids is 2. The molecule has 0 aliphatic carbocycles. The molecule has 2 aromatic carbocycles. The van der Waals surface area contributed by atoms with Gasteiger partial charge in [0.15, 0.2) is 0 Å². The minimum atomic E-state index is -0.102. The molecule has 1 heterocycles. The summed E-state index contributed by atoms with van der Waals surface area (Å²) in [7, 11) is 1.58. The van der Waals surface area contributed by atoms with E-state index in [0.29, 0.717) is 24.4 Å². The van der Waals surface area contributed by atoms with Gasteiger partial charge in [-0.05, 0) is 17.7 Å². The van der Waals surface area contributed by atoms with Crippen LogP contribution in [0.1, 0.15) is 18.9 Å². The van der Waals surface area contributed by atoms with E-state index in [1.165, 1.54) is 12.5 Å². The van der Waals surface area contributed by atoms with Crippen LogP contribution in [0.15, 0.2) is 54.6 Å². The summed E-state index contributed by atoms with van der Waals surface area (Å²) < 4.78 is 5.37. The van der Waals surface area contributed by atoms with E-state index < -0.39 is 0 Å². The highest BCUT2D eigenvalue weighted by molar-refractivity contribution is 5.93. The van der Waals surface area contributed by atoms with E-state index >= 15 is 0 Å². The maximum atomic E-state index is 12.7. The summed E-state index contributed by atoms with van der Waals surface area (Å²) in [6, 6.07) is 17.8. The summed E-state index contributed by atoms with van der Waals surface area (Å²) in [6.07, 6.45) is 0.302. The zero-order valence-corrected chi connectivity index (χ0v) is 17.2. The first kappa shape index (κ1) is 20.9. The lowest BCUT2D eigenvalue weighted by Gasteiger charge is -2.35. The number of methoxy groups -OCH3 is 1. The molecule has 0 saturated carbocycles. The van der Waals surface area contributed by atoms with Crippen molar-refractivity contribution in [3.05, 3.63) is 60.2 Å². The number of ether oxygens (including phenoxy) is 1. The summed E-state index contributed by atoms with van der Waals surface area (Å²) in [5, 5.41) is 0. The van der Waals surface area contributed by atoms with Crippen molar-refractivity contribution in [3.63, 3.8) is 0 Å². The normalized spacial score (nSPS) is 14.5. The van der Waals surface area contributed by atoms with Crippen molar-refractivity contribution in [3.8, 4) is 5.75 Å². The van der Waals surface area contributed by atoms with Gasteiger partial charge in [-0.15, -0.1) is 0 Å². The summed E-state index contributed by atoms with van der Waals surface area (Å²) in [5.41, 5.74) is 1.99. The summed E-state index contributed by atoms with van der Waals surface area (Å²) >= 11 is 0. The molecule has 6 nitrogen and oxygen atoms in total. The maximum absolute atomic E-state index is 12.7. The minimum Gasteiger partial charge on any atom is -0.495 e. The van der Waals surface area contributed by atoms with Crippen LogP contribution in [0.4, 0.5) is 5.69 Å². The molecule has 154 valence electrons. The Morgan fingerprint density at radius 3 is 2.28 bits per heavy atom. The van der Waals surface area contributed by atoms with Crippen LogP contribution in [0.3, 0.4) is 0 Å². The van der Waals surface area contributed by atoms with E-state index in [1.807, 2.05) is 35.2 Å². The fourth-order valence-corrected chi connectivity index (χ4v) is 3.66. The topological polar surface area (TPSA) is 53.1 Å². The van der Waals surface area contributed by atoms with Crippen molar-refractivity contribution in [1.29, 1.82) is 0 Å². The van der Waals surface area contributed by atoms with Gasteiger partial charge >= 0.3 is 0 Å². The SMILES string of the molecule is COc1ccccc1N(CCC(=O)N1CCN(Cc2ccccc2)CC1)C(C)=O. The number of piperazine rings is 1. The third kappa shape index (κ3) is 5.57. The van der Waals surface area contributed by atoms with Gasteiger partial charge in [0.2, 0.25) is 11.8 Å². The molecule has 1 aliphatic heterocycles. The standard InChI is InChI=1S/C23H29N3O3/c1-19(27)26(21-10-6-7-11-22(21)29-2)13-12-23(28)25-16-14-24(15-17-25)18-20-8-4-3-5-9-20/h3-11H,12-18H2,1-2H3. The van der Waals surface area contributed by atoms with Gasteiger partial charge in [0.1, 0.15) is 5.75 Å². The first-order valence-electron chi connectivity index (χ1n) is 10.0. The van der Waals surface area contributed by atoms with Crippen molar-refractivity contribution in [2.45, 2.75) is 19.9 Å². The molecule has 0 N–H and O–H groups in total. The predicted molar refractivity (Wildman–Crippen MR) is 114 cm³/mol. The number of amides is 2. The molecule has 3 rings (SSSR count). The van der Waals surface area contributed by atoms with Crippen molar-refractivity contribution >= 4 is 17.5 Å². The zero-order valence-electron chi connectivity index (χ0n) is 17.2. The largest absolute Gasteiger partial charge is 0.495 e. The maximum Gasteiger partial charge on any atom is 0.224 e. The molecule has 6 heteroatoms. The van der Waals surface area contributed by atoms with E-state index in [1.54, 1.807) is 12.0 Å². The lowest BCUT2D eigenvalue weighted by molar-refractivity contribution is -0.132. The van der Waals surface area contributed by atoms with E-state index in [4.69, 9.17) is 4.74 Å². The monoisotopic (exact) mass is 395 g/mol. The van der Waals surface area contributed by atoms with E-state index in [2.05, 4.69) is 29.2 Å².